The Morgan fingerprint density at radius 3 is 2.26 bits per heavy atom. The lowest BCUT2D eigenvalue weighted by atomic mass is 10.00. The number of aliphatic hydroxyl groups is 1. The molecule has 1 aliphatic carbocycles. The van der Waals surface area contributed by atoms with Gasteiger partial charge in [-0.15, -0.1) is 0 Å². The maximum absolute atomic E-state index is 12.5. The molecule has 0 bridgehead atoms. The predicted octanol–water partition coefficient (Wildman–Crippen LogP) is 1.93. The van der Waals surface area contributed by atoms with Gasteiger partial charge in [0.2, 0.25) is 0 Å². The molecule has 1 saturated carbocycles. The molecule has 2 amide bonds. The molecular formula is C17H21ClN2O3. The highest BCUT2D eigenvalue weighted by molar-refractivity contribution is 6.30. The maximum Gasteiger partial charge on any atom is 0.254 e. The number of halogens is 1. The molecule has 2 aliphatic rings. The summed E-state index contributed by atoms with van der Waals surface area (Å²) in [5, 5.41) is 10.9. The van der Waals surface area contributed by atoms with E-state index in [4.69, 9.17) is 11.6 Å². The predicted molar refractivity (Wildman–Crippen MR) is 87.4 cm³/mol. The van der Waals surface area contributed by atoms with E-state index in [1.807, 2.05) is 0 Å². The molecule has 1 aromatic rings. The fourth-order valence-corrected chi connectivity index (χ4v) is 3.58. The van der Waals surface area contributed by atoms with Gasteiger partial charge < -0.3 is 14.9 Å². The van der Waals surface area contributed by atoms with Gasteiger partial charge in [0.15, 0.2) is 0 Å². The highest BCUT2D eigenvalue weighted by atomic mass is 35.5. The van der Waals surface area contributed by atoms with Gasteiger partial charge in [-0.2, -0.15) is 0 Å². The number of benzene rings is 1. The molecule has 2 fully saturated rings. The Morgan fingerprint density at radius 1 is 1.04 bits per heavy atom. The Balaban J connectivity index is 1.60. The van der Waals surface area contributed by atoms with Gasteiger partial charge in [0.1, 0.15) is 5.60 Å². The van der Waals surface area contributed by atoms with Gasteiger partial charge in [-0.3, -0.25) is 9.59 Å². The number of rotatable bonds is 2. The summed E-state index contributed by atoms with van der Waals surface area (Å²) in [6, 6.07) is 6.89. The van der Waals surface area contributed by atoms with Crippen LogP contribution in [0.4, 0.5) is 0 Å². The van der Waals surface area contributed by atoms with E-state index in [1.165, 1.54) is 0 Å². The quantitative estimate of drug-likeness (QED) is 0.897. The van der Waals surface area contributed by atoms with Crippen LogP contribution in [0.3, 0.4) is 0 Å². The summed E-state index contributed by atoms with van der Waals surface area (Å²) in [6.07, 6.45) is 2.89. The van der Waals surface area contributed by atoms with E-state index in [0.29, 0.717) is 49.6 Å². The largest absolute Gasteiger partial charge is 0.380 e. The third-order valence-electron chi connectivity index (χ3n) is 4.75. The lowest BCUT2D eigenvalue weighted by Gasteiger charge is -2.38. The molecule has 0 aromatic heterocycles. The van der Waals surface area contributed by atoms with Gasteiger partial charge in [-0.1, -0.05) is 17.7 Å². The van der Waals surface area contributed by atoms with Crippen molar-refractivity contribution >= 4 is 23.4 Å². The Kier molecular flexibility index (Phi) is 4.60. The van der Waals surface area contributed by atoms with Gasteiger partial charge in [0, 0.05) is 36.8 Å². The molecule has 124 valence electrons. The van der Waals surface area contributed by atoms with Crippen molar-refractivity contribution in [3.8, 4) is 0 Å². The molecule has 1 saturated heterocycles. The van der Waals surface area contributed by atoms with Gasteiger partial charge in [0.25, 0.3) is 11.8 Å². The van der Waals surface area contributed by atoms with E-state index >= 15 is 0 Å². The van der Waals surface area contributed by atoms with E-state index in [0.717, 1.165) is 12.8 Å². The molecule has 23 heavy (non-hydrogen) atoms. The first kappa shape index (κ1) is 16.3. The van der Waals surface area contributed by atoms with Crippen LogP contribution in [-0.2, 0) is 4.79 Å². The molecule has 1 N–H and O–H groups in total. The smallest absolute Gasteiger partial charge is 0.254 e. The Morgan fingerprint density at radius 2 is 1.65 bits per heavy atom. The van der Waals surface area contributed by atoms with Crippen molar-refractivity contribution in [1.29, 1.82) is 0 Å². The van der Waals surface area contributed by atoms with Crippen LogP contribution in [0.5, 0.6) is 0 Å². The highest BCUT2D eigenvalue weighted by Crippen LogP contribution is 2.31. The van der Waals surface area contributed by atoms with Gasteiger partial charge in [-0.25, -0.2) is 0 Å². The van der Waals surface area contributed by atoms with E-state index in [1.54, 1.807) is 34.1 Å². The molecule has 0 atom stereocenters. The zero-order valence-corrected chi connectivity index (χ0v) is 13.8. The molecule has 1 aliphatic heterocycles. The number of nitrogens with zero attached hydrogens (tertiary/aromatic N) is 2. The summed E-state index contributed by atoms with van der Waals surface area (Å²) in [7, 11) is 0. The highest BCUT2D eigenvalue weighted by Gasteiger charge is 2.42. The summed E-state index contributed by atoms with van der Waals surface area (Å²) < 4.78 is 0. The molecule has 1 aromatic carbocycles. The Bertz CT molecular complexity index is 606. The SMILES string of the molecule is O=C(c1cccc(Cl)c1)N1CCN(C(=O)C2(O)CCCC2)CC1. The van der Waals surface area contributed by atoms with Gasteiger partial charge in [-0.05, 0) is 43.9 Å². The zero-order valence-electron chi connectivity index (χ0n) is 13.0. The van der Waals surface area contributed by atoms with Crippen LogP contribution < -0.4 is 0 Å². The molecule has 1 heterocycles. The lowest BCUT2D eigenvalue weighted by molar-refractivity contribution is -0.152. The summed E-state index contributed by atoms with van der Waals surface area (Å²) >= 11 is 5.93. The standard InChI is InChI=1S/C17H21ClN2O3/c18-14-5-3-4-13(12-14)15(21)19-8-10-20(11-9-19)16(22)17(23)6-1-2-7-17/h3-5,12,23H,1-2,6-11H2. The molecular weight excluding hydrogens is 316 g/mol. The number of hydrogen-bond donors (Lipinski definition) is 1. The monoisotopic (exact) mass is 336 g/mol. The van der Waals surface area contributed by atoms with E-state index in [9.17, 15) is 14.7 Å². The summed E-state index contributed by atoms with van der Waals surface area (Å²) in [4.78, 5) is 28.3. The van der Waals surface area contributed by atoms with Crippen LogP contribution in [0.2, 0.25) is 5.02 Å². The van der Waals surface area contributed by atoms with Crippen molar-refractivity contribution < 1.29 is 14.7 Å². The second kappa shape index (κ2) is 6.49. The van der Waals surface area contributed by atoms with Crippen molar-refractivity contribution in [3.05, 3.63) is 34.9 Å². The summed E-state index contributed by atoms with van der Waals surface area (Å²) in [6.45, 7) is 1.89. The van der Waals surface area contributed by atoms with E-state index in [2.05, 4.69) is 0 Å². The number of carbonyl (C=O) groups is 2. The summed E-state index contributed by atoms with van der Waals surface area (Å²) in [5.41, 5.74) is -0.620. The average Bonchev–Trinajstić information content (AvgIpc) is 3.01. The molecule has 6 heteroatoms. The van der Waals surface area contributed by atoms with Crippen LogP contribution in [-0.4, -0.2) is 58.5 Å². The molecule has 0 radical (unpaired) electrons. The van der Waals surface area contributed by atoms with Crippen molar-refractivity contribution in [2.75, 3.05) is 26.2 Å². The first-order chi connectivity index (χ1) is 11.0. The molecule has 0 unspecified atom stereocenters. The fraction of sp³-hybridized carbons (Fsp3) is 0.529. The molecule has 5 nitrogen and oxygen atoms in total. The van der Waals surface area contributed by atoms with Crippen molar-refractivity contribution in [2.45, 2.75) is 31.3 Å². The minimum atomic E-state index is -1.18. The second-order valence-electron chi connectivity index (χ2n) is 6.33. The van der Waals surface area contributed by atoms with Gasteiger partial charge >= 0.3 is 0 Å². The van der Waals surface area contributed by atoms with Crippen molar-refractivity contribution in [3.63, 3.8) is 0 Å². The first-order valence-electron chi connectivity index (χ1n) is 8.06. The molecule has 0 spiro atoms. The van der Waals surface area contributed by atoms with E-state index < -0.39 is 5.60 Å². The van der Waals surface area contributed by atoms with Crippen molar-refractivity contribution in [1.82, 2.24) is 9.80 Å². The van der Waals surface area contributed by atoms with Crippen LogP contribution in [0.25, 0.3) is 0 Å². The first-order valence-corrected chi connectivity index (χ1v) is 8.44. The normalized spacial score (nSPS) is 20.6. The zero-order chi connectivity index (χ0) is 16.4. The number of amides is 2. The van der Waals surface area contributed by atoms with Crippen LogP contribution in [0, 0.1) is 0 Å². The minimum Gasteiger partial charge on any atom is -0.380 e. The third-order valence-corrected chi connectivity index (χ3v) is 4.99. The fourth-order valence-electron chi connectivity index (χ4n) is 3.38. The topological polar surface area (TPSA) is 60.9 Å². The van der Waals surface area contributed by atoms with Gasteiger partial charge in [0.05, 0.1) is 0 Å². The maximum atomic E-state index is 12.5. The number of hydrogen-bond acceptors (Lipinski definition) is 3. The number of piperazine rings is 1. The van der Waals surface area contributed by atoms with E-state index in [-0.39, 0.29) is 11.8 Å². The van der Waals surface area contributed by atoms with Crippen LogP contribution in [0.1, 0.15) is 36.0 Å². The van der Waals surface area contributed by atoms with Crippen molar-refractivity contribution in [2.24, 2.45) is 0 Å². The second-order valence-corrected chi connectivity index (χ2v) is 6.77. The minimum absolute atomic E-state index is 0.0702. The average molecular weight is 337 g/mol. The number of carbonyl (C=O) groups excluding carboxylic acids is 2. The Hall–Kier alpha value is -1.59. The molecule has 3 rings (SSSR count). The van der Waals surface area contributed by atoms with Crippen LogP contribution in [0.15, 0.2) is 24.3 Å². The van der Waals surface area contributed by atoms with Crippen LogP contribution >= 0.6 is 11.6 Å². The Labute approximate surface area is 140 Å². The summed E-state index contributed by atoms with van der Waals surface area (Å²) in [5.74, 6) is -0.246. The third kappa shape index (κ3) is 3.35. The lowest BCUT2D eigenvalue weighted by Crippen LogP contribution is -2.56.